The van der Waals surface area contributed by atoms with Crippen molar-refractivity contribution in [2.75, 3.05) is 39.8 Å². The van der Waals surface area contributed by atoms with E-state index in [-0.39, 0.29) is 5.91 Å². The number of amides is 1. The molecular weight excluding hydrogens is 264 g/mol. The molecule has 5 nitrogen and oxygen atoms in total. The van der Waals surface area contributed by atoms with Gasteiger partial charge in [-0.2, -0.15) is 0 Å². The van der Waals surface area contributed by atoms with E-state index >= 15 is 0 Å². The largest absolute Gasteiger partial charge is 0.354 e. The molecule has 5 heteroatoms. The van der Waals surface area contributed by atoms with E-state index in [9.17, 15) is 4.79 Å². The quantitative estimate of drug-likeness (QED) is 0.615. The zero-order chi connectivity index (χ0) is 15.2. The van der Waals surface area contributed by atoms with Crippen LogP contribution in [0.1, 0.15) is 20.3 Å². The lowest BCUT2D eigenvalue weighted by molar-refractivity contribution is -0.127. The van der Waals surface area contributed by atoms with Gasteiger partial charge in [0.1, 0.15) is 5.84 Å². The number of amidine groups is 1. The second-order valence-corrected chi connectivity index (χ2v) is 5.75. The predicted octanol–water partition coefficient (Wildman–Crippen LogP) is 1.25. The normalized spacial score (nSPS) is 24.4. The fourth-order valence-electron chi connectivity index (χ4n) is 2.77. The third-order valence-electron chi connectivity index (χ3n) is 3.99. The minimum Gasteiger partial charge on any atom is -0.354 e. The Balaban J connectivity index is 2.08. The van der Waals surface area contributed by atoms with Crippen LogP contribution in [-0.2, 0) is 4.79 Å². The molecule has 0 saturated carbocycles. The molecule has 1 saturated heterocycles. The van der Waals surface area contributed by atoms with Gasteiger partial charge in [-0.25, -0.2) is 0 Å². The van der Waals surface area contributed by atoms with Crippen LogP contribution in [0.15, 0.2) is 28.9 Å². The summed E-state index contributed by atoms with van der Waals surface area (Å²) >= 11 is 0. The van der Waals surface area contributed by atoms with E-state index in [0.717, 1.165) is 50.7 Å². The molecule has 0 bridgehead atoms. The van der Waals surface area contributed by atoms with Crippen LogP contribution < -0.4 is 5.32 Å². The summed E-state index contributed by atoms with van der Waals surface area (Å²) in [5.74, 6) is 1.62. The van der Waals surface area contributed by atoms with Crippen molar-refractivity contribution in [3.8, 4) is 0 Å². The zero-order valence-corrected chi connectivity index (χ0v) is 13.3. The highest BCUT2D eigenvalue weighted by atomic mass is 16.2. The molecule has 1 amide bonds. The molecule has 0 aromatic carbocycles. The molecule has 0 unspecified atom stereocenters. The highest BCUT2D eigenvalue weighted by Gasteiger charge is 2.20. The molecule has 1 fully saturated rings. The van der Waals surface area contributed by atoms with Crippen molar-refractivity contribution >= 4 is 11.7 Å². The van der Waals surface area contributed by atoms with Crippen molar-refractivity contribution in [2.24, 2.45) is 10.9 Å². The number of piperazine rings is 1. The van der Waals surface area contributed by atoms with E-state index in [1.165, 1.54) is 0 Å². The number of hydrogen-bond acceptors (Lipinski definition) is 3. The van der Waals surface area contributed by atoms with Gasteiger partial charge in [-0.05, 0) is 24.5 Å². The average Bonchev–Trinajstić information content (AvgIpc) is 2.50. The van der Waals surface area contributed by atoms with E-state index < -0.39 is 0 Å². The first-order chi connectivity index (χ1) is 10.1. The SMILES string of the molecule is CN=C(/C=C\C1=CC[C@@H](C)CN1C(C)=O)N1CCNCC1. The summed E-state index contributed by atoms with van der Waals surface area (Å²) in [6.45, 7) is 8.54. The number of nitrogens with one attached hydrogen (secondary N) is 1. The van der Waals surface area contributed by atoms with Crippen LogP contribution in [0.4, 0.5) is 0 Å². The Bertz CT molecular complexity index is 461. The second-order valence-electron chi connectivity index (χ2n) is 5.75. The topological polar surface area (TPSA) is 47.9 Å². The van der Waals surface area contributed by atoms with Gasteiger partial charge in [0.2, 0.25) is 5.91 Å². The minimum atomic E-state index is 0.106. The van der Waals surface area contributed by atoms with Gasteiger partial charge >= 0.3 is 0 Å². The number of hydrogen-bond donors (Lipinski definition) is 1. The molecule has 0 radical (unpaired) electrons. The van der Waals surface area contributed by atoms with Gasteiger partial charge in [0.15, 0.2) is 0 Å². The number of rotatable bonds is 2. The first-order valence-corrected chi connectivity index (χ1v) is 7.70. The van der Waals surface area contributed by atoms with Crippen molar-refractivity contribution in [1.29, 1.82) is 0 Å². The molecular formula is C16H26N4O. The van der Waals surface area contributed by atoms with E-state index in [1.807, 2.05) is 24.1 Å². The fourth-order valence-corrected chi connectivity index (χ4v) is 2.77. The van der Waals surface area contributed by atoms with Gasteiger partial charge < -0.3 is 15.1 Å². The van der Waals surface area contributed by atoms with Gasteiger partial charge in [-0.3, -0.25) is 9.79 Å². The van der Waals surface area contributed by atoms with Crippen molar-refractivity contribution in [2.45, 2.75) is 20.3 Å². The third kappa shape index (κ3) is 4.17. The fraction of sp³-hybridized carbons (Fsp3) is 0.625. The van der Waals surface area contributed by atoms with E-state index in [4.69, 9.17) is 0 Å². The molecule has 116 valence electrons. The standard InChI is InChI=1S/C16H26N4O/c1-13-4-5-15(20(12-13)14(2)21)6-7-16(17-3)19-10-8-18-9-11-19/h5-7,13,18H,4,8-12H2,1-3H3/b7-6-,17-16?/t13-/m1/s1. The maximum Gasteiger partial charge on any atom is 0.223 e. The van der Waals surface area contributed by atoms with Crippen LogP contribution >= 0.6 is 0 Å². The van der Waals surface area contributed by atoms with Crippen LogP contribution in [0.5, 0.6) is 0 Å². The molecule has 0 aromatic heterocycles. The molecule has 0 spiro atoms. The maximum absolute atomic E-state index is 11.8. The highest BCUT2D eigenvalue weighted by Crippen LogP contribution is 2.20. The Morgan fingerprint density at radius 3 is 2.76 bits per heavy atom. The Kier molecular flexibility index (Phi) is 5.56. The molecule has 2 rings (SSSR count). The smallest absolute Gasteiger partial charge is 0.223 e. The summed E-state index contributed by atoms with van der Waals surface area (Å²) in [6, 6.07) is 0. The van der Waals surface area contributed by atoms with Gasteiger partial charge in [-0.15, -0.1) is 0 Å². The summed E-state index contributed by atoms with van der Waals surface area (Å²) in [5.41, 5.74) is 0.997. The maximum atomic E-state index is 11.8. The van der Waals surface area contributed by atoms with Gasteiger partial charge in [-0.1, -0.05) is 13.0 Å². The Morgan fingerprint density at radius 2 is 2.14 bits per heavy atom. The molecule has 21 heavy (non-hydrogen) atoms. The summed E-state index contributed by atoms with van der Waals surface area (Å²) in [7, 11) is 1.82. The first-order valence-electron chi connectivity index (χ1n) is 7.70. The van der Waals surface area contributed by atoms with Crippen molar-refractivity contribution < 1.29 is 4.79 Å². The lowest BCUT2D eigenvalue weighted by atomic mass is 10.0. The molecule has 2 aliphatic rings. The lowest BCUT2D eigenvalue weighted by Gasteiger charge is -2.31. The molecule has 0 aliphatic carbocycles. The number of nitrogens with zero attached hydrogens (tertiary/aromatic N) is 3. The average molecular weight is 290 g/mol. The lowest BCUT2D eigenvalue weighted by Crippen LogP contribution is -2.46. The Hall–Kier alpha value is -1.62. The van der Waals surface area contributed by atoms with Crippen molar-refractivity contribution in [3.63, 3.8) is 0 Å². The Labute approximate surface area is 127 Å². The molecule has 2 heterocycles. The number of allylic oxidation sites excluding steroid dienone is 2. The van der Waals surface area contributed by atoms with Gasteiger partial charge in [0, 0.05) is 52.4 Å². The predicted molar refractivity (Wildman–Crippen MR) is 86.2 cm³/mol. The monoisotopic (exact) mass is 290 g/mol. The second kappa shape index (κ2) is 7.41. The summed E-state index contributed by atoms with van der Waals surface area (Å²) in [4.78, 5) is 20.3. The molecule has 0 aromatic rings. The van der Waals surface area contributed by atoms with Gasteiger partial charge in [0.25, 0.3) is 0 Å². The number of carbonyl (C=O) groups excluding carboxylic acids is 1. The number of aliphatic imine (C=N–C) groups is 1. The third-order valence-corrected chi connectivity index (χ3v) is 3.99. The van der Waals surface area contributed by atoms with Crippen LogP contribution in [0, 0.1) is 5.92 Å². The van der Waals surface area contributed by atoms with Crippen LogP contribution in [0.3, 0.4) is 0 Å². The van der Waals surface area contributed by atoms with E-state index in [2.05, 4.69) is 28.2 Å². The molecule has 2 aliphatic heterocycles. The number of carbonyl (C=O) groups is 1. The van der Waals surface area contributed by atoms with Crippen molar-refractivity contribution in [1.82, 2.24) is 15.1 Å². The summed E-state index contributed by atoms with van der Waals surface area (Å²) < 4.78 is 0. The zero-order valence-electron chi connectivity index (χ0n) is 13.3. The van der Waals surface area contributed by atoms with Crippen molar-refractivity contribution in [3.05, 3.63) is 23.9 Å². The Morgan fingerprint density at radius 1 is 1.43 bits per heavy atom. The summed E-state index contributed by atoms with van der Waals surface area (Å²) in [6.07, 6.45) is 7.23. The van der Waals surface area contributed by atoms with Crippen LogP contribution in [-0.4, -0.2) is 61.3 Å². The first kappa shape index (κ1) is 15.8. The molecule has 1 atom stereocenters. The van der Waals surface area contributed by atoms with E-state index in [0.29, 0.717) is 5.92 Å². The minimum absolute atomic E-state index is 0.106. The van der Waals surface area contributed by atoms with Gasteiger partial charge in [0.05, 0.1) is 0 Å². The van der Waals surface area contributed by atoms with Crippen LogP contribution in [0.2, 0.25) is 0 Å². The van der Waals surface area contributed by atoms with Crippen LogP contribution in [0.25, 0.3) is 0 Å². The molecule has 1 N–H and O–H groups in total. The van der Waals surface area contributed by atoms with E-state index in [1.54, 1.807) is 6.92 Å². The highest BCUT2D eigenvalue weighted by molar-refractivity contribution is 5.93. The summed E-state index contributed by atoms with van der Waals surface area (Å²) in [5, 5.41) is 3.34.